The summed E-state index contributed by atoms with van der Waals surface area (Å²) < 4.78 is 11.3. The highest BCUT2D eigenvalue weighted by Gasteiger charge is 2.22. The molecule has 1 atom stereocenters. The molecule has 0 saturated carbocycles. The lowest BCUT2D eigenvalue weighted by atomic mass is 10.1. The van der Waals surface area contributed by atoms with Crippen molar-refractivity contribution in [3.8, 4) is 5.75 Å². The normalized spacial score (nSPS) is 17.1. The number of nitrogens with two attached hydrogens (primary N) is 1. The number of benzene rings is 2. The molecular weight excluding hydrogens is 413 g/mol. The zero-order valence-electron chi connectivity index (χ0n) is 16.3. The van der Waals surface area contributed by atoms with Crippen LogP contribution < -0.4 is 15.8 Å². The van der Waals surface area contributed by atoms with Crippen LogP contribution in [-0.4, -0.2) is 49.8 Å². The Morgan fingerprint density at radius 2 is 2.17 bits per heavy atom. The smallest absolute Gasteiger partial charge is 0.255 e. The molecule has 0 aromatic heterocycles. The number of rotatable bonds is 7. The quantitative estimate of drug-likeness (QED) is 0.646. The van der Waals surface area contributed by atoms with E-state index in [1.165, 1.54) is 6.07 Å². The molecule has 29 heavy (non-hydrogen) atoms. The molecule has 1 aliphatic heterocycles. The first-order chi connectivity index (χ1) is 14.0. The van der Waals surface area contributed by atoms with Crippen molar-refractivity contribution in [3.05, 3.63) is 57.6 Å². The van der Waals surface area contributed by atoms with E-state index in [9.17, 15) is 4.79 Å². The van der Waals surface area contributed by atoms with Crippen LogP contribution >= 0.6 is 23.2 Å². The average Bonchev–Trinajstić information content (AvgIpc) is 2.69. The lowest BCUT2D eigenvalue weighted by Gasteiger charge is -2.33. The molecule has 8 heteroatoms. The molecule has 1 unspecified atom stereocenters. The van der Waals surface area contributed by atoms with Gasteiger partial charge in [-0.3, -0.25) is 9.69 Å². The molecule has 1 amide bonds. The van der Waals surface area contributed by atoms with Crippen molar-refractivity contribution in [3.63, 3.8) is 0 Å². The molecule has 2 aromatic carbocycles. The van der Waals surface area contributed by atoms with Crippen LogP contribution in [0.25, 0.3) is 0 Å². The van der Waals surface area contributed by atoms with E-state index in [1.807, 2.05) is 25.1 Å². The Hall–Kier alpha value is -1.99. The van der Waals surface area contributed by atoms with Gasteiger partial charge in [-0.15, -0.1) is 0 Å². The third-order valence-electron chi connectivity index (χ3n) is 4.65. The fourth-order valence-electron chi connectivity index (χ4n) is 3.26. The van der Waals surface area contributed by atoms with Crippen molar-refractivity contribution in [2.75, 3.05) is 38.6 Å². The minimum Gasteiger partial charge on any atom is -0.493 e. The van der Waals surface area contributed by atoms with Gasteiger partial charge in [-0.1, -0.05) is 35.3 Å². The van der Waals surface area contributed by atoms with Gasteiger partial charge in [-0.05, 0) is 30.7 Å². The summed E-state index contributed by atoms with van der Waals surface area (Å²) in [7, 11) is 0. The van der Waals surface area contributed by atoms with Crippen molar-refractivity contribution >= 4 is 34.8 Å². The fourth-order valence-corrected chi connectivity index (χ4v) is 3.64. The van der Waals surface area contributed by atoms with Crippen LogP contribution in [0.1, 0.15) is 22.8 Å². The molecule has 6 nitrogen and oxygen atoms in total. The number of nitrogens with zero attached hydrogens (tertiary/aromatic N) is 1. The SMILES string of the molecule is CCOc1cc(N)c(Cl)cc1C(=O)NCC1CN(Cc2cccc(Cl)c2)CCO1. The number of morpholine rings is 1. The second-order valence-electron chi connectivity index (χ2n) is 6.87. The van der Waals surface area contributed by atoms with E-state index in [-0.39, 0.29) is 12.0 Å². The number of hydrogen-bond acceptors (Lipinski definition) is 5. The standard InChI is InChI=1S/C21H25Cl2N3O3/c1-2-28-20-10-19(24)18(23)9-17(20)21(27)25-11-16-13-26(6-7-29-16)12-14-4-3-5-15(22)8-14/h3-5,8-10,16H,2,6-7,11-13,24H2,1H3,(H,25,27). The second kappa shape index (κ2) is 10.2. The van der Waals surface area contributed by atoms with E-state index in [0.29, 0.717) is 48.3 Å². The Labute approximate surface area is 180 Å². The molecular formula is C21H25Cl2N3O3. The van der Waals surface area contributed by atoms with Gasteiger partial charge in [0.15, 0.2) is 0 Å². The summed E-state index contributed by atoms with van der Waals surface area (Å²) in [6.45, 7) is 5.60. The molecule has 1 fully saturated rings. The number of nitrogen functional groups attached to an aromatic ring is 1. The average molecular weight is 438 g/mol. The Morgan fingerprint density at radius 3 is 2.93 bits per heavy atom. The van der Waals surface area contributed by atoms with Crippen LogP contribution in [0.3, 0.4) is 0 Å². The predicted octanol–water partition coefficient (Wildman–Crippen LogP) is 3.61. The first-order valence-electron chi connectivity index (χ1n) is 9.54. The fraction of sp³-hybridized carbons (Fsp3) is 0.381. The van der Waals surface area contributed by atoms with Crippen LogP contribution in [0.15, 0.2) is 36.4 Å². The Morgan fingerprint density at radius 1 is 1.34 bits per heavy atom. The van der Waals surface area contributed by atoms with E-state index in [1.54, 1.807) is 6.07 Å². The largest absolute Gasteiger partial charge is 0.493 e. The van der Waals surface area contributed by atoms with Crippen LogP contribution in [0.4, 0.5) is 5.69 Å². The van der Waals surface area contributed by atoms with Gasteiger partial charge >= 0.3 is 0 Å². The summed E-state index contributed by atoms with van der Waals surface area (Å²) in [5, 5.41) is 3.96. The minimum atomic E-state index is -0.272. The summed E-state index contributed by atoms with van der Waals surface area (Å²) in [5.74, 6) is 0.143. The van der Waals surface area contributed by atoms with E-state index in [2.05, 4.69) is 16.3 Å². The van der Waals surface area contributed by atoms with Crippen molar-refractivity contribution in [2.45, 2.75) is 19.6 Å². The van der Waals surface area contributed by atoms with E-state index in [4.69, 9.17) is 38.4 Å². The van der Waals surface area contributed by atoms with Gasteiger partial charge in [0.2, 0.25) is 0 Å². The van der Waals surface area contributed by atoms with E-state index < -0.39 is 0 Å². The number of halogens is 2. The molecule has 0 radical (unpaired) electrons. The number of carbonyl (C=O) groups excluding carboxylic acids is 1. The van der Waals surface area contributed by atoms with E-state index in [0.717, 1.165) is 23.7 Å². The highest BCUT2D eigenvalue weighted by atomic mass is 35.5. The number of ether oxygens (including phenoxy) is 2. The van der Waals surface area contributed by atoms with Gasteiger partial charge in [0, 0.05) is 37.3 Å². The Kier molecular flexibility index (Phi) is 7.61. The van der Waals surface area contributed by atoms with Crippen molar-refractivity contribution in [1.82, 2.24) is 10.2 Å². The van der Waals surface area contributed by atoms with Gasteiger partial charge in [-0.2, -0.15) is 0 Å². The van der Waals surface area contributed by atoms with Crippen LogP contribution in [0, 0.1) is 0 Å². The first-order valence-corrected chi connectivity index (χ1v) is 10.3. The molecule has 2 aromatic rings. The molecule has 0 bridgehead atoms. The molecule has 0 aliphatic carbocycles. The maximum Gasteiger partial charge on any atom is 0.255 e. The summed E-state index contributed by atoms with van der Waals surface area (Å²) >= 11 is 12.2. The molecule has 0 spiro atoms. The van der Waals surface area contributed by atoms with Crippen molar-refractivity contribution < 1.29 is 14.3 Å². The van der Waals surface area contributed by atoms with Crippen molar-refractivity contribution in [2.24, 2.45) is 0 Å². The zero-order chi connectivity index (χ0) is 20.8. The van der Waals surface area contributed by atoms with Gasteiger partial charge < -0.3 is 20.5 Å². The molecule has 156 valence electrons. The molecule has 3 rings (SSSR count). The lowest BCUT2D eigenvalue weighted by Crippen LogP contribution is -2.47. The lowest BCUT2D eigenvalue weighted by molar-refractivity contribution is -0.0292. The summed E-state index contributed by atoms with van der Waals surface area (Å²) in [6.07, 6.45) is -0.105. The predicted molar refractivity (Wildman–Crippen MR) is 116 cm³/mol. The number of hydrogen-bond donors (Lipinski definition) is 2. The van der Waals surface area contributed by atoms with Gasteiger partial charge in [0.25, 0.3) is 5.91 Å². The third-order valence-corrected chi connectivity index (χ3v) is 5.21. The highest BCUT2D eigenvalue weighted by molar-refractivity contribution is 6.33. The van der Waals surface area contributed by atoms with Crippen LogP contribution in [0.2, 0.25) is 10.0 Å². The molecule has 1 saturated heterocycles. The van der Waals surface area contributed by atoms with Crippen molar-refractivity contribution in [1.29, 1.82) is 0 Å². The Balaban J connectivity index is 1.58. The maximum absolute atomic E-state index is 12.7. The van der Waals surface area contributed by atoms with Gasteiger partial charge in [-0.25, -0.2) is 0 Å². The number of amides is 1. The number of anilines is 1. The monoisotopic (exact) mass is 437 g/mol. The van der Waals surface area contributed by atoms with Gasteiger partial charge in [0.1, 0.15) is 5.75 Å². The summed E-state index contributed by atoms with van der Waals surface area (Å²) in [5.41, 5.74) is 7.71. The highest BCUT2D eigenvalue weighted by Crippen LogP contribution is 2.29. The van der Waals surface area contributed by atoms with E-state index >= 15 is 0 Å². The molecule has 3 N–H and O–H groups in total. The molecule has 1 aliphatic rings. The summed E-state index contributed by atoms with van der Waals surface area (Å²) in [4.78, 5) is 15.0. The number of nitrogens with one attached hydrogen (secondary N) is 1. The second-order valence-corrected chi connectivity index (χ2v) is 7.71. The van der Waals surface area contributed by atoms with Crippen LogP contribution in [-0.2, 0) is 11.3 Å². The topological polar surface area (TPSA) is 76.8 Å². The first kappa shape index (κ1) is 21.7. The minimum absolute atomic E-state index is 0.105. The maximum atomic E-state index is 12.7. The number of carbonyl (C=O) groups is 1. The molecule has 1 heterocycles. The summed E-state index contributed by atoms with van der Waals surface area (Å²) in [6, 6.07) is 10.9. The Bertz CT molecular complexity index is 863. The van der Waals surface area contributed by atoms with Gasteiger partial charge in [0.05, 0.1) is 35.6 Å². The third kappa shape index (κ3) is 6.00. The zero-order valence-corrected chi connectivity index (χ0v) is 17.8. The van der Waals surface area contributed by atoms with Crippen LogP contribution in [0.5, 0.6) is 5.75 Å².